The smallest absolute Gasteiger partial charge is 0.293 e. The van der Waals surface area contributed by atoms with Gasteiger partial charge in [0.1, 0.15) is 6.61 Å². The maximum atomic E-state index is 10.1. The summed E-state index contributed by atoms with van der Waals surface area (Å²) in [6.45, 7) is 12.5. The van der Waals surface area contributed by atoms with E-state index in [0.717, 1.165) is 24.2 Å². The summed E-state index contributed by atoms with van der Waals surface area (Å²) in [5, 5.41) is 0. The quantitative estimate of drug-likeness (QED) is 0.194. The second-order valence-electron chi connectivity index (χ2n) is 7.84. The van der Waals surface area contributed by atoms with E-state index in [9.17, 15) is 4.79 Å². The topological polar surface area (TPSA) is 26.3 Å². The maximum absolute atomic E-state index is 10.1. The molecule has 0 aromatic heterocycles. The Hall–Kier alpha value is -0.790. The summed E-state index contributed by atoms with van der Waals surface area (Å²) in [6.07, 6.45) is 14.0. The molecule has 0 N–H and O–H groups in total. The summed E-state index contributed by atoms with van der Waals surface area (Å²) in [5.74, 6) is 2.57. The molecule has 136 valence electrons. The van der Waals surface area contributed by atoms with Crippen LogP contribution in [0.25, 0.3) is 0 Å². The van der Waals surface area contributed by atoms with Crippen molar-refractivity contribution in [3.8, 4) is 0 Å². The van der Waals surface area contributed by atoms with Gasteiger partial charge < -0.3 is 4.74 Å². The van der Waals surface area contributed by atoms with Crippen molar-refractivity contribution in [3.05, 3.63) is 11.6 Å². The zero-order valence-corrected chi connectivity index (χ0v) is 16.3. The van der Waals surface area contributed by atoms with E-state index in [1.54, 1.807) is 0 Å². The number of carbonyl (C=O) groups excluding carboxylic acids is 1. The van der Waals surface area contributed by atoms with Crippen LogP contribution in [-0.4, -0.2) is 13.1 Å². The highest BCUT2D eigenvalue weighted by Gasteiger charge is 2.06. The minimum atomic E-state index is 0.416. The van der Waals surface area contributed by atoms with Crippen LogP contribution in [-0.2, 0) is 9.53 Å². The average Bonchev–Trinajstić information content (AvgIpc) is 2.47. The molecule has 23 heavy (non-hydrogen) atoms. The molecular weight excluding hydrogens is 284 g/mol. The summed E-state index contributed by atoms with van der Waals surface area (Å²) in [7, 11) is 0. The fourth-order valence-electron chi connectivity index (χ4n) is 3.04. The lowest BCUT2D eigenvalue weighted by molar-refractivity contribution is -0.127. The summed E-state index contributed by atoms with van der Waals surface area (Å²) in [6, 6.07) is 0. The SMILES string of the molecule is C/C(=C\COC=O)CCCC(C)CCCC(C)CCCC(C)C. The third kappa shape index (κ3) is 15.9. The second kappa shape index (κ2) is 14.8. The number of ether oxygens (including phenoxy) is 1. The van der Waals surface area contributed by atoms with E-state index in [0.29, 0.717) is 13.1 Å². The fourth-order valence-corrected chi connectivity index (χ4v) is 3.04. The zero-order chi connectivity index (χ0) is 17.5. The van der Waals surface area contributed by atoms with Gasteiger partial charge in [-0.15, -0.1) is 0 Å². The first-order chi connectivity index (χ1) is 11.0. The molecule has 0 aromatic carbocycles. The Kier molecular flexibility index (Phi) is 14.3. The molecule has 2 atom stereocenters. The van der Waals surface area contributed by atoms with Gasteiger partial charge in [0.25, 0.3) is 6.47 Å². The Morgan fingerprint density at radius 1 is 0.870 bits per heavy atom. The molecule has 0 aliphatic heterocycles. The zero-order valence-electron chi connectivity index (χ0n) is 16.3. The summed E-state index contributed by atoms with van der Waals surface area (Å²) in [4.78, 5) is 10.1. The first-order valence-corrected chi connectivity index (χ1v) is 9.66. The molecule has 2 nitrogen and oxygen atoms in total. The van der Waals surface area contributed by atoms with E-state index in [-0.39, 0.29) is 0 Å². The van der Waals surface area contributed by atoms with Gasteiger partial charge in [0, 0.05) is 0 Å². The van der Waals surface area contributed by atoms with Crippen LogP contribution in [0, 0.1) is 17.8 Å². The van der Waals surface area contributed by atoms with Gasteiger partial charge in [-0.3, -0.25) is 4.79 Å². The molecule has 0 bridgehead atoms. The van der Waals surface area contributed by atoms with Crippen LogP contribution < -0.4 is 0 Å². The third-order valence-electron chi connectivity index (χ3n) is 4.74. The number of allylic oxidation sites excluding steroid dienone is 1. The summed E-state index contributed by atoms with van der Waals surface area (Å²) in [5.41, 5.74) is 1.33. The fraction of sp³-hybridized carbons (Fsp3) is 0.857. The Morgan fingerprint density at radius 3 is 1.91 bits per heavy atom. The van der Waals surface area contributed by atoms with Gasteiger partial charge in [-0.2, -0.15) is 0 Å². The molecule has 0 rings (SSSR count). The highest BCUT2D eigenvalue weighted by Crippen LogP contribution is 2.21. The van der Waals surface area contributed by atoms with Crippen LogP contribution in [0.4, 0.5) is 0 Å². The number of carbonyl (C=O) groups is 1. The predicted molar refractivity (Wildman–Crippen MR) is 100 cm³/mol. The Bertz CT molecular complexity index is 307. The van der Waals surface area contributed by atoms with Crippen molar-refractivity contribution < 1.29 is 9.53 Å². The first-order valence-electron chi connectivity index (χ1n) is 9.66. The molecule has 0 saturated carbocycles. The Labute approximate surface area is 145 Å². The molecule has 0 aliphatic carbocycles. The lowest BCUT2D eigenvalue weighted by Crippen LogP contribution is -2.00. The van der Waals surface area contributed by atoms with E-state index in [2.05, 4.69) is 34.6 Å². The van der Waals surface area contributed by atoms with Crippen molar-refractivity contribution in [1.29, 1.82) is 0 Å². The van der Waals surface area contributed by atoms with Gasteiger partial charge in [0.2, 0.25) is 0 Å². The molecule has 0 spiro atoms. The minimum absolute atomic E-state index is 0.416. The van der Waals surface area contributed by atoms with E-state index in [1.165, 1.54) is 56.9 Å². The van der Waals surface area contributed by atoms with Crippen LogP contribution in [0.3, 0.4) is 0 Å². The van der Waals surface area contributed by atoms with Gasteiger partial charge in [-0.25, -0.2) is 0 Å². The average molecular weight is 325 g/mol. The van der Waals surface area contributed by atoms with Gasteiger partial charge in [-0.05, 0) is 43.6 Å². The molecule has 0 aromatic rings. The molecule has 0 aliphatic rings. The molecule has 0 fully saturated rings. The number of rotatable bonds is 15. The van der Waals surface area contributed by atoms with Gasteiger partial charge in [-0.1, -0.05) is 78.2 Å². The second-order valence-corrected chi connectivity index (χ2v) is 7.84. The molecule has 0 amide bonds. The summed E-state index contributed by atoms with van der Waals surface area (Å²) < 4.78 is 4.69. The normalized spacial score (nSPS) is 14.8. The molecule has 0 radical (unpaired) electrons. The molecular formula is C21H40O2. The number of hydrogen-bond donors (Lipinski definition) is 0. The minimum Gasteiger partial charge on any atom is -0.464 e. The lowest BCUT2D eigenvalue weighted by atomic mass is 9.91. The van der Waals surface area contributed by atoms with E-state index < -0.39 is 0 Å². The van der Waals surface area contributed by atoms with Crippen LogP contribution in [0.15, 0.2) is 11.6 Å². The van der Waals surface area contributed by atoms with Crippen molar-refractivity contribution in [2.45, 2.75) is 92.4 Å². The van der Waals surface area contributed by atoms with E-state index in [4.69, 9.17) is 4.74 Å². The van der Waals surface area contributed by atoms with E-state index >= 15 is 0 Å². The standard InChI is InChI=1S/C21H40O2/c1-18(2)9-6-10-19(3)11-7-12-20(4)13-8-14-21(5)15-16-23-17-22/h15,17-20H,6-14,16H2,1-5H3/b21-15+. The van der Waals surface area contributed by atoms with Crippen molar-refractivity contribution in [3.63, 3.8) is 0 Å². The number of hydrogen-bond acceptors (Lipinski definition) is 2. The van der Waals surface area contributed by atoms with Gasteiger partial charge >= 0.3 is 0 Å². The van der Waals surface area contributed by atoms with Crippen LogP contribution in [0.1, 0.15) is 92.4 Å². The van der Waals surface area contributed by atoms with Crippen molar-refractivity contribution in [1.82, 2.24) is 0 Å². The molecule has 0 heterocycles. The predicted octanol–water partition coefficient (Wildman–Crippen LogP) is 6.54. The molecule has 2 heteroatoms. The maximum Gasteiger partial charge on any atom is 0.293 e. The highest BCUT2D eigenvalue weighted by molar-refractivity contribution is 5.37. The Balaban J connectivity index is 3.57. The highest BCUT2D eigenvalue weighted by atomic mass is 16.5. The van der Waals surface area contributed by atoms with Crippen molar-refractivity contribution >= 4 is 6.47 Å². The molecule has 2 unspecified atom stereocenters. The largest absolute Gasteiger partial charge is 0.464 e. The molecule has 0 saturated heterocycles. The lowest BCUT2D eigenvalue weighted by Gasteiger charge is -2.15. The Morgan fingerprint density at radius 2 is 1.39 bits per heavy atom. The van der Waals surface area contributed by atoms with Crippen LogP contribution in [0.2, 0.25) is 0 Å². The van der Waals surface area contributed by atoms with Gasteiger partial charge in [0.05, 0.1) is 0 Å². The van der Waals surface area contributed by atoms with Crippen molar-refractivity contribution in [2.24, 2.45) is 17.8 Å². The van der Waals surface area contributed by atoms with Gasteiger partial charge in [0.15, 0.2) is 0 Å². The van der Waals surface area contributed by atoms with Crippen LogP contribution in [0.5, 0.6) is 0 Å². The summed E-state index contributed by atoms with van der Waals surface area (Å²) >= 11 is 0. The van der Waals surface area contributed by atoms with E-state index in [1.807, 2.05) is 6.08 Å². The first kappa shape index (κ1) is 22.2. The monoisotopic (exact) mass is 324 g/mol. The third-order valence-corrected chi connectivity index (χ3v) is 4.74. The van der Waals surface area contributed by atoms with Crippen molar-refractivity contribution in [2.75, 3.05) is 6.61 Å². The van der Waals surface area contributed by atoms with Crippen LogP contribution >= 0.6 is 0 Å².